The number of aromatic nitrogens is 1. The van der Waals surface area contributed by atoms with Gasteiger partial charge in [-0.2, -0.15) is 0 Å². The molecule has 0 amide bonds. The maximum Gasteiger partial charge on any atom is 0.141 e. The Bertz CT molecular complexity index is 220. The van der Waals surface area contributed by atoms with Crippen molar-refractivity contribution in [3.8, 4) is 5.75 Å². The molecule has 0 spiro atoms. The van der Waals surface area contributed by atoms with Crippen molar-refractivity contribution in [1.29, 1.82) is 0 Å². The number of nitrogens with two attached hydrogens (primary N) is 1. The van der Waals surface area contributed by atoms with Crippen molar-refractivity contribution in [2.45, 2.75) is 19.4 Å². The SMILES string of the molecule is CC[C@@H](N)c1[nH]ccc1OC. The van der Waals surface area contributed by atoms with E-state index >= 15 is 0 Å². The third-order valence-electron chi connectivity index (χ3n) is 1.77. The van der Waals surface area contributed by atoms with E-state index < -0.39 is 0 Å². The highest BCUT2D eigenvalue weighted by molar-refractivity contribution is 5.29. The van der Waals surface area contributed by atoms with Crippen LogP contribution in [0.2, 0.25) is 0 Å². The Morgan fingerprint density at radius 2 is 2.45 bits per heavy atom. The van der Waals surface area contributed by atoms with Gasteiger partial charge in [0.25, 0.3) is 0 Å². The predicted molar refractivity (Wildman–Crippen MR) is 44.6 cm³/mol. The third kappa shape index (κ3) is 1.54. The zero-order chi connectivity index (χ0) is 8.27. The van der Waals surface area contributed by atoms with Crippen LogP contribution in [-0.2, 0) is 0 Å². The van der Waals surface area contributed by atoms with Gasteiger partial charge in [-0.25, -0.2) is 0 Å². The van der Waals surface area contributed by atoms with Gasteiger partial charge in [0, 0.05) is 12.2 Å². The highest BCUT2D eigenvalue weighted by atomic mass is 16.5. The van der Waals surface area contributed by atoms with Crippen LogP contribution < -0.4 is 10.5 Å². The molecule has 3 nitrogen and oxygen atoms in total. The van der Waals surface area contributed by atoms with Gasteiger partial charge in [0.1, 0.15) is 5.75 Å². The second-order valence-electron chi connectivity index (χ2n) is 2.47. The molecule has 0 saturated carbocycles. The average molecular weight is 154 g/mol. The van der Waals surface area contributed by atoms with Crippen LogP contribution in [0.4, 0.5) is 0 Å². The fourth-order valence-electron chi connectivity index (χ4n) is 1.04. The Kier molecular flexibility index (Phi) is 2.54. The molecule has 3 N–H and O–H groups in total. The minimum absolute atomic E-state index is 0.0555. The van der Waals surface area contributed by atoms with Gasteiger partial charge in [-0.3, -0.25) is 0 Å². The monoisotopic (exact) mass is 154 g/mol. The number of H-pyrrole nitrogens is 1. The van der Waals surface area contributed by atoms with Gasteiger partial charge in [0.2, 0.25) is 0 Å². The highest BCUT2D eigenvalue weighted by Gasteiger charge is 2.09. The van der Waals surface area contributed by atoms with Crippen molar-refractivity contribution in [3.63, 3.8) is 0 Å². The molecule has 1 heterocycles. The molecule has 0 aliphatic rings. The van der Waals surface area contributed by atoms with Crippen molar-refractivity contribution in [2.75, 3.05) is 7.11 Å². The number of hydrogen-bond donors (Lipinski definition) is 2. The van der Waals surface area contributed by atoms with E-state index in [0.29, 0.717) is 0 Å². The molecule has 0 aliphatic carbocycles. The van der Waals surface area contributed by atoms with Gasteiger partial charge in [-0.05, 0) is 12.5 Å². The maximum atomic E-state index is 5.80. The Morgan fingerprint density at radius 3 is 3.00 bits per heavy atom. The van der Waals surface area contributed by atoms with Crippen molar-refractivity contribution in [3.05, 3.63) is 18.0 Å². The third-order valence-corrected chi connectivity index (χ3v) is 1.77. The Labute approximate surface area is 66.6 Å². The molecule has 0 fully saturated rings. The molecule has 1 atom stereocenters. The largest absolute Gasteiger partial charge is 0.495 e. The summed E-state index contributed by atoms with van der Waals surface area (Å²) < 4.78 is 5.10. The van der Waals surface area contributed by atoms with E-state index in [2.05, 4.69) is 4.98 Å². The van der Waals surface area contributed by atoms with E-state index in [1.165, 1.54) is 0 Å². The average Bonchev–Trinajstić information content (AvgIpc) is 2.50. The van der Waals surface area contributed by atoms with Crippen molar-refractivity contribution in [1.82, 2.24) is 4.98 Å². The number of rotatable bonds is 3. The lowest BCUT2D eigenvalue weighted by Gasteiger charge is -2.08. The lowest BCUT2D eigenvalue weighted by atomic mass is 10.2. The number of methoxy groups -OCH3 is 1. The molecule has 0 aromatic carbocycles. The van der Waals surface area contributed by atoms with Crippen molar-refractivity contribution in [2.24, 2.45) is 5.73 Å². The molecular formula is C8H14N2O. The summed E-state index contributed by atoms with van der Waals surface area (Å²) in [5.74, 6) is 0.847. The topological polar surface area (TPSA) is 51.0 Å². The van der Waals surface area contributed by atoms with E-state index in [0.717, 1.165) is 17.9 Å². The summed E-state index contributed by atoms with van der Waals surface area (Å²) >= 11 is 0. The quantitative estimate of drug-likeness (QED) is 0.692. The molecule has 0 aliphatic heterocycles. The van der Waals surface area contributed by atoms with Crippen LogP contribution in [-0.4, -0.2) is 12.1 Å². The van der Waals surface area contributed by atoms with E-state index in [1.807, 2.05) is 19.2 Å². The molecule has 62 valence electrons. The first-order valence-electron chi connectivity index (χ1n) is 3.76. The van der Waals surface area contributed by atoms with Crippen LogP contribution >= 0.6 is 0 Å². The second-order valence-corrected chi connectivity index (χ2v) is 2.47. The fraction of sp³-hybridized carbons (Fsp3) is 0.500. The van der Waals surface area contributed by atoms with Crippen LogP contribution in [0, 0.1) is 0 Å². The van der Waals surface area contributed by atoms with E-state index in [4.69, 9.17) is 10.5 Å². The molecule has 0 radical (unpaired) electrons. The minimum atomic E-state index is 0.0555. The first kappa shape index (κ1) is 8.14. The smallest absolute Gasteiger partial charge is 0.141 e. The summed E-state index contributed by atoms with van der Waals surface area (Å²) in [5, 5.41) is 0. The predicted octanol–water partition coefficient (Wildman–Crippen LogP) is 1.43. The van der Waals surface area contributed by atoms with Gasteiger partial charge in [-0.15, -0.1) is 0 Å². The van der Waals surface area contributed by atoms with Crippen LogP contribution in [0.25, 0.3) is 0 Å². The van der Waals surface area contributed by atoms with Crippen LogP contribution in [0.5, 0.6) is 5.75 Å². The molecule has 1 aromatic heterocycles. The standard InChI is InChI=1S/C8H14N2O/c1-3-6(9)8-7(11-2)4-5-10-8/h4-6,10H,3,9H2,1-2H3/t6-/m1/s1. The van der Waals surface area contributed by atoms with Crippen molar-refractivity contribution < 1.29 is 4.74 Å². The molecule has 1 aromatic rings. The first-order chi connectivity index (χ1) is 5.29. The molecular weight excluding hydrogens is 140 g/mol. The summed E-state index contributed by atoms with van der Waals surface area (Å²) in [5.41, 5.74) is 6.79. The molecule has 0 saturated heterocycles. The van der Waals surface area contributed by atoms with E-state index in [9.17, 15) is 0 Å². The zero-order valence-electron chi connectivity index (χ0n) is 6.92. The zero-order valence-corrected chi connectivity index (χ0v) is 6.92. The lowest BCUT2D eigenvalue weighted by molar-refractivity contribution is 0.405. The maximum absolute atomic E-state index is 5.80. The summed E-state index contributed by atoms with van der Waals surface area (Å²) in [7, 11) is 1.65. The number of nitrogens with one attached hydrogen (secondary N) is 1. The van der Waals surface area contributed by atoms with Crippen LogP contribution in [0.3, 0.4) is 0 Å². The molecule has 1 rings (SSSR count). The second kappa shape index (κ2) is 3.44. The van der Waals surface area contributed by atoms with Gasteiger partial charge in [-0.1, -0.05) is 6.92 Å². The highest BCUT2D eigenvalue weighted by Crippen LogP contribution is 2.23. The summed E-state index contributed by atoms with van der Waals surface area (Å²) in [4.78, 5) is 3.06. The summed E-state index contributed by atoms with van der Waals surface area (Å²) in [6.45, 7) is 2.05. The molecule has 0 unspecified atom stereocenters. The Balaban J connectivity index is 2.83. The number of hydrogen-bond acceptors (Lipinski definition) is 2. The Hall–Kier alpha value is -0.960. The number of aromatic amines is 1. The minimum Gasteiger partial charge on any atom is -0.495 e. The van der Waals surface area contributed by atoms with Crippen molar-refractivity contribution >= 4 is 0 Å². The molecule has 0 bridgehead atoms. The Morgan fingerprint density at radius 1 is 1.73 bits per heavy atom. The van der Waals surface area contributed by atoms with Gasteiger partial charge >= 0.3 is 0 Å². The lowest BCUT2D eigenvalue weighted by Crippen LogP contribution is -2.09. The van der Waals surface area contributed by atoms with Crippen LogP contribution in [0.1, 0.15) is 25.1 Å². The molecule has 11 heavy (non-hydrogen) atoms. The van der Waals surface area contributed by atoms with Gasteiger partial charge in [0.15, 0.2) is 0 Å². The van der Waals surface area contributed by atoms with Gasteiger partial charge < -0.3 is 15.5 Å². The molecule has 3 heteroatoms. The number of ether oxygens (including phenoxy) is 1. The fourth-order valence-corrected chi connectivity index (χ4v) is 1.04. The summed E-state index contributed by atoms with van der Waals surface area (Å²) in [6, 6.07) is 1.94. The van der Waals surface area contributed by atoms with Gasteiger partial charge in [0.05, 0.1) is 12.8 Å². The first-order valence-corrected chi connectivity index (χ1v) is 3.76. The van der Waals surface area contributed by atoms with E-state index in [-0.39, 0.29) is 6.04 Å². The summed E-state index contributed by atoms with van der Waals surface area (Å²) in [6.07, 6.45) is 2.75. The van der Waals surface area contributed by atoms with Crippen LogP contribution in [0.15, 0.2) is 12.3 Å². The normalized spacial score (nSPS) is 13.0. The van der Waals surface area contributed by atoms with E-state index in [1.54, 1.807) is 7.11 Å².